The van der Waals surface area contributed by atoms with E-state index in [9.17, 15) is 0 Å². The summed E-state index contributed by atoms with van der Waals surface area (Å²) in [6.45, 7) is 4.32. The Morgan fingerprint density at radius 3 is 2.03 bits per heavy atom. The summed E-state index contributed by atoms with van der Waals surface area (Å²) >= 11 is 5.62. The molecule has 0 bridgehead atoms. The topological polar surface area (TPSA) is 55.4 Å². The summed E-state index contributed by atoms with van der Waals surface area (Å²) in [6.07, 6.45) is 0. The van der Waals surface area contributed by atoms with E-state index < -0.39 is 0 Å². The van der Waals surface area contributed by atoms with Crippen LogP contribution in [0, 0.1) is 0 Å². The number of anilines is 1. The van der Waals surface area contributed by atoms with Gasteiger partial charge in [-0.15, -0.1) is 0 Å². The average Bonchev–Trinajstić information content (AvgIpc) is 2.79. The second-order valence-corrected chi connectivity index (χ2v) is 7.31. The second-order valence-electron chi connectivity index (χ2n) is 6.93. The average molecular weight is 432 g/mol. The molecule has 1 heterocycles. The molecular weight excluding hydrogens is 402 g/mol. The molecule has 0 saturated carbocycles. The molecule has 7 nitrogen and oxygen atoms in total. The van der Waals surface area contributed by atoms with Gasteiger partial charge in [0.25, 0.3) is 0 Å². The lowest BCUT2D eigenvalue weighted by Gasteiger charge is -2.36. The smallest absolute Gasteiger partial charge is 0.203 e. The Labute approximate surface area is 183 Å². The van der Waals surface area contributed by atoms with Crippen molar-refractivity contribution in [2.75, 3.05) is 59.9 Å². The molecule has 1 saturated heterocycles. The van der Waals surface area contributed by atoms with Gasteiger partial charge in [-0.25, -0.2) is 0 Å². The quantitative estimate of drug-likeness (QED) is 0.671. The number of hydrogen-bond donors (Lipinski definition) is 1. The third-order valence-electron chi connectivity index (χ3n) is 5.14. The van der Waals surface area contributed by atoms with Crippen LogP contribution in [0.3, 0.4) is 0 Å². The molecule has 0 spiro atoms. The fourth-order valence-corrected chi connectivity index (χ4v) is 3.83. The Hall–Kier alpha value is -2.71. The Morgan fingerprint density at radius 1 is 0.867 bits per heavy atom. The van der Waals surface area contributed by atoms with Crippen molar-refractivity contribution >= 4 is 23.0 Å². The highest BCUT2D eigenvalue weighted by Gasteiger charge is 2.21. The SMILES string of the molecule is COc1ccccc1NC(=S)N1CCN(Cc2cc(OC)c(OC)c(OC)c2)CC1. The molecule has 0 radical (unpaired) electrons. The molecule has 8 heteroatoms. The number of para-hydroxylation sites is 2. The molecular formula is C22H29N3O4S. The zero-order chi connectivity index (χ0) is 21.5. The minimum atomic E-state index is 0.612. The van der Waals surface area contributed by atoms with Crippen LogP contribution in [0.4, 0.5) is 5.69 Å². The van der Waals surface area contributed by atoms with E-state index >= 15 is 0 Å². The molecule has 0 aromatic heterocycles. The van der Waals surface area contributed by atoms with Gasteiger partial charge in [0.15, 0.2) is 16.6 Å². The largest absolute Gasteiger partial charge is 0.495 e. The maximum absolute atomic E-state index is 5.62. The van der Waals surface area contributed by atoms with Crippen molar-refractivity contribution in [3.63, 3.8) is 0 Å². The van der Waals surface area contributed by atoms with Gasteiger partial charge >= 0.3 is 0 Å². The van der Waals surface area contributed by atoms with Crippen LogP contribution in [0.1, 0.15) is 5.56 Å². The molecule has 1 aliphatic heterocycles. The van der Waals surface area contributed by atoms with Crippen molar-refractivity contribution in [1.82, 2.24) is 9.80 Å². The Bertz CT molecular complexity index is 844. The number of benzene rings is 2. The van der Waals surface area contributed by atoms with Gasteiger partial charge in [-0.3, -0.25) is 4.90 Å². The lowest BCUT2D eigenvalue weighted by atomic mass is 10.1. The molecule has 0 aliphatic carbocycles. The van der Waals surface area contributed by atoms with Gasteiger partial charge in [-0.1, -0.05) is 12.1 Å². The highest BCUT2D eigenvalue weighted by atomic mass is 32.1. The summed E-state index contributed by atoms with van der Waals surface area (Å²) in [4.78, 5) is 4.58. The van der Waals surface area contributed by atoms with Gasteiger partial charge in [0.05, 0.1) is 34.1 Å². The zero-order valence-corrected chi connectivity index (χ0v) is 18.8. The molecule has 3 rings (SSSR count). The third kappa shape index (κ3) is 5.06. The normalized spacial score (nSPS) is 14.2. The van der Waals surface area contributed by atoms with Gasteiger partial charge < -0.3 is 29.2 Å². The summed E-state index contributed by atoms with van der Waals surface area (Å²) in [5.74, 6) is 2.74. The van der Waals surface area contributed by atoms with Crippen LogP contribution in [0.2, 0.25) is 0 Å². The monoisotopic (exact) mass is 431 g/mol. The van der Waals surface area contributed by atoms with E-state index in [1.807, 2.05) is 36.4 Å². The first kappa shape index (κ1) is 22.0. The van der Waals surface area contributed by atoms with Gasteiger partial charge in [0.2, 0.25) is 5.75 Å². The first-order chi connectivity index (χ1) is 14.6. The highest BCUT2D eigenvalue weighted by Crippen LogP contribution is 2.38. The van der Waals surface area contributed by atoms with Gasteiger partial charge in [0, 0.05) is 32.7 Å². The van der Waals surface area contributed by atoms with Crippen LogP contribution in [0.25, 0.3) is 0 Å². The highest BCUT2D eigenvalue weighted by molar-refractivity contribution is 7.80. The Kier molecular flexibility index (Phi) is 7.59. The van der Waals surface area contributed by atoms with E-state index in [4.69, 9.17) is 31.2 Å². The maximum Gasteiger partial charge on any atom is 0.203 e. The number of rotatable bonds is 7. The predicted octanol–water partition coefficient (Wildman–Crippen LogP) is 3.24. The van der Waals surface area contributed by atoms with Crippen molar-refractivity contribution in [2.24, 2.45) is 0 Å². The van der Waals surface area contributed by atoms with Crippen molar-refractivity contribution < 1.29 is 18.9 Å². The van der Waals surface area contributed by atoms with E-state index in [-0.39, 0.29) is 0 Å². The molecule has 1 aliphatic rings. The lowest BCUT2D eigenvalue weighted by molar-refractivity contribution is 0.176. The number of ether oxygens (including phenoxy) is 4. The lowest BCUT2D eigenvalue weighted by Crippen LogP contribution is -2.49. The third-order valence-corrected chi connectivity index (χ3v) is 5.50. The van der Waals surface area contributed by atoms with E-state index in [2.05, 4.69) is 15.1 Å². The molecule has 0 unspecified atom stereocenters. The van der Waals surface area contributed by atoms with Gasteiger partial charge in [-0.2, -0.15) is 0 Å². The number of thiocarbonyl (C=S) groups is 1. The van der Waals surface area contributed by atoms with Crippen LogP contribution >= 0.6 is 12.2 Å². The van der Waals surface area contributed by atoms with Crippen LogP contribution in [-0.2, 0) is 6.54 Å². The number of methoxy groups -OCH3 is 4. The summed E-state index contributed by atoms with van der Waals surface area (Å²) < 4.78 is 21.7. The van der Waals surface area contributed by atoms with Crippen molar-refractivity contribution in [3.05, 3.63) is 42.0 Å². The number of nitrogens with zero attached hydrogens (tertiary/aromatic N) is 2. The second kappa shape index (κ2) is 10.4. The standard InChI is InChI=1S/C22H29N3O4S/c1-26-18-8-6-5-7-17(18)23-22(30)25-11-9-24(10-12-25)15-16-13-19(27-2)21(29-4)20(14-16)28-3/h5-8,13-14H,9-12,15H2,1-4H3,(H,23,30). The number of nitrogens with one attached hydrogen (secondary N) is 1. The molecule has 0 amide bonds. The molecule has 1 N–H and O–H groups in total. The van der Waals surface area contributed by atoms with E-state index in [1.54, 1.807) is 28.4 Å². The van der Waals surface area contributed by atoms with Crippen LogP contribution in [0.5, 0.6) is 23.0 Å². The van der Waals surface area contributed by atoms with Crippen LogP contribution < -0.4 is 24.3 Å². The van der Waals surface area contributed by atoms with Gasteiger partial charge in [-0.05, 0) is 42.0 Å². The van der Waals surface area contributed by atoms with Crippen molar-refractivity contribution in [1.29, 1.82) is 0 Å². The minimum absolute atomic E-state index is 0.612. The molecule has 0 atom stereocenters. The van der Waals surface area contributed by atoms with E-state index in [0.717, 1.165) is 49.7 Å². The van der Waals surface area contributed by atoms with Crippen LogP contribution in [-0.4, -0.2) is 69.5 Å². The Morgan fingerprint density at radius 2 is 1.47 bits per heavy atom. The van der Waals surface area contributed by atoms with Gasteiger partial charge in [0.1, 0.15) is 5.75 Å². The predicted molar refractivity (Wildman–Crippen MR) is 122 cm³/mol. The molecule has 2 aromatic carbocycles. The summed E-state index contributed by atoms with van der Waals surface area (Å²) in [5, 5.41) is 4.02. The molecule has 2 aromatic rings. The fraction of sp³-hybridized carbons (Fsp3) is 0.409. The first-order valence-electron chi connectivity index (χ1n) is 9.79. The molecule has 162 valence electrons. The Balaban J connectivity index is 1.59. The van der Waals surface area contributed by atoms with Crippen molar-refractivity contribution in [3.8, 4) is 23.0 Å². The number of piperazine rings is 1. The maximum atomic E-state index is 5.62. The molecule has 1 fully saturated rings. The molecule has 30 heavy (non-hydrogen) atoms. The van der Waals surface area contributed by atoms with Crippen LogP contribution in [0.15, 0.2) is 36.4 Å². The summed E-state index contributed by atoms with van der Waals surface area (Å²) in [5.41, 5.74) is 2.00. The fourth-order valence-electron chi connectivity index (χ4n) is 3.54. The summed E-state index contributed by atoms with van der Waals surface area (Å²) in [6, 6.07) is 11.8. The number of hydrogen-bond acceptors (Lipinski definition) is 6. The zero-order valence-electron chi connectivity index (χ0n) is 17.9. The van der Waals surface area contributed by atoms with E-state index in [0.29, 0.717) is 22.4 Å². The first-order valence-corrected chi connectivity index (χ1v) is 10.2. The van der Waals surface area contributed by atoms with E-state index in [1.165, 1.54) is 0 Å². The summed E-state index contributed by atoms with van der Waals surface area (Å²) in [7, 11) is 6.54. The van der Waals surface area contributed by atoms with Crippen molar-refractivity contribution in [2.45, 2.75) is 6.54 Å². The minimum Gasteiger partial charge on any atom is -0.495 e.